The Bertz CT molecular complexity index is 599. The third kappa shape index (κ3) is 3.59. The lowest BCUT2D eigenvalue weighted by Crippen LogP contribution is -2.08. The second-order valence-electron chi connectivity index (χ2n) is 3.69. The fourth-order valence-electron chi connectivity index (χ4n) is 1.45. The van der Waals surface area contributed by atoms with Gasteiger partial charge in [-0.3, -0.25) is 9.59 Å². The summed E-state index contributed by atoms with van der Waals surface area (Å²) >= 11 is 0.513. The number of rotatable bonds is 2. The van der Waals surface area contributed by atoms with Crippen LogP contribution in [0.2, 0.25) is 0 Å². The molecular weight excluding hydrogens is 262 g/mol. The molecule has 0 aliphatic rings. The third-order valence-corrected chi connectivity index (χ3v) is 3.02. The van der Waals surface area contributed by atoms with Crippen LogP contribution in [0.4, 0.5) is 10.5 Å². The molecule has 0 heterocycles. The normalized spacial score (nSPS) is 9.89. The fraction of sp³-hybridized carbons (Fsp3) is 0. The molecular formula is C14H11NO3S. The van der Waals surface area contributed by atoms with E-state index in [1.165, 1.54) is 12.1 Å². The van der Waals surface area contributed by atoms with Gasteiger partial charge < -0.3 is 10.4 Å². The highest BCUT2D eigenvalue weighted by Gasteiger charge is 2.15. The van der Waals surface area contributed by atoms with E-state index in [0.717, 1.165) is 0 Å². The minimum absolute atomic E-state index is 0.121. The lowest BCUT2D eigenvalue weighted by atomic mass is 10.2. The van der Waals surface area contributed by atoms with Crippen LogP contribution in [0.5, 0.6) is 5.75 Å². The Kier molecular flexibility index (Phi) is 4.20. The number of hydrogen-bond donors (Lipinski definition) is 2. The number of phenolic OH excluding ortho intramolecular Hbond substituents is 1. The Morgan fingerprint density at radius 1 is 0.947 bits per heavy atom. The molecule has 0 atom stereocenters. The molecule has 2 rings (SSSR count). The second kappa shape index (κ2) is 6.06. The van der Waals surface area contributed by atoms with Crippen molar-refractivity contribution in [3.63, 3.8) is 0 Å². The number of hydrogen-bond acceptors (Lipinski definition) is 4. The lowest BCUT2D eigenvalue weighted by molar-refractivity contribution is 0.108. The van der Waals surface area contributed by atoms with E-state index in [0.29, 0.717) is 17.4 Å². The fourth-order valence-corrected chi connectivity index (χ4v) is 2.07. The summed E-state index contributed by atoms with van der Waals surface area (Å²) in [6, 6.07) is 15.0. The number of anilines is 1. The van der Waals surface area contributed by atoms with E-state index >= 15 is 0 Å². The highest BCUT2D eigenvalue weighted by atomic mass is 32.2. The van der Waals surface area contributed by atoms with Crippen molar-refractivity contribution in [2.75, 3.05) is 5.32 Å². The Balaban J connectivity index is 2.00. The van der Waals surface area contributed by atoms with Crippen LogP contribution < -0.4 is 5.32 Å². The number of thioether (sulfide) groups is 1. The molecule has 96 valence electrons. The van der Waals surface area contributed by atoms with Crippen LogP contribution in [0.25, 0.3) is 0 Å². The first-order chi connectivity index (χ1) is 9.16. The molecule has 0 aliphatic heterocycles. The molecule has 0 unspecified atom stereocenters. The molecule has 2 aromatic carbocycles. The van der Waals surface area contributed by atoms with Gasteiger partial charge in [-0.05, 0) is 24.3 Å². The van der Waals surface area contributed by atoms with Crippen LogP contribution in [0, 0.1) is 0 Å². The van der Waals surface area contributed by atoms with Gasteiger partial charge in [-0.2, -0.15) is 0 Å². The standard InChI is InChI=1S/C14H11NO3S/c16-12-9-5-4-8-11(12)13(17)19-14(18)15-10-6-2-1-3-7-10/h1-9,16H,(H,15,18). The van der Waals surface area contributed by atoms with Gasteiger partial charge in [0.25, 0.3) is 5.24 Å². The molecule has 19 heavy (non-hydrogen) atoms. The molecule has 4 nitrogen and oxygen atoms in total. The highest BCUT2D eigenvalue weighted by Crippen LogP contribution is 2.23. The summed E-state index contributed by atoms with van der Waals surface area (Å²) in [5.41, 5.74) is 0.737. The maximum Gasteiger partial charge on any atom is 0.291 e. The van der Waals surface area contributed by atoms with Gasteiger partial charge in [0.15, 0.2) is 0 Å². The third-order valence-electron chi connectivity index (χ3n) is 2.33. The predicted molar refractivity (Wildman–Crippen MR) is 75.5 cm³/mol. The van der Waals surface area contributed by atoms with Crippen LogP contribution in [0.1, 0.15) is 10.4 Å². The Hall–Kier alpha value is -2.27. The van der Waals surface area contributed by atoms with Gasteiger partial charge in [-0.25, -0.2) is 0 Å². The summed E-state index contributed by atoms with van der Waals surface area (Å²) in [6.45, 7) is 0. The zero-order valence-corrected chi connectivity index (χ0v) is 10.7. The molecule has 1 amide bonds. The number of amides is 1. The topological polar surface area (TPSA) is 66.4 Å². The SMILES string of the molecule is O=C(Nc1ccccc1)SC(=O)c1ccccc1O. The first kappa shape index (κ1) is 13.2. The van der Waals surface area contributed by atoms with Crippen LogP contribution >= 0.6 is 11.8 Å². The Morgan fingerprint density at radius 2 is 1.58 bits per heavy atom. The number of carbonyl (C=O) groups excluding carboxylic acids is 2. The molecule has 0 aromatic heterocycles. The van der Waals surface area contributed by atoms with E-state index in [1.54, 1.807) is 36.4 Å². The average Bonchev–Trinajstić information content (AvgIpc) is 2.40. The molecule has 0 radical (unpaired) electrons. The van der Waals surface area contributed by atoms with E-state index in [4.69, 9.17) is 0 Å². The van der Waals surface area contributed by atoms with Crippen molar-refractivity contribution < 1.29 is 14.7 Å². The molecule has 0 bridgehead atoms. The molecule has 0 saturated carbocycles. The molecule has 2 N–H and O–H groups in total. The van der Waals surface area contributed by atoms with Crippen molar-refractivity contribution in [1.29, 1.82) is 0 Å². The minimum atomic E-state index is -0.494. The quantitative estimate of drug-likeness (QED) is 0.878. The lowest BCUT2D eigenvalue weighted by Gasteiger charge is -2.04. The van der Waals surface area contributed by atoms with Gasteiger partial charge in [0.2, 0.25) is 5.12 Å². The number of para-hydroxylation sites is 2. The number of benzene rings is 2. The van der Waals surface area contributed by atoms with Crippen molar-refractivity contribution in [2.45, 2.75) is 0 Å². The van der Waals surface area contributed by atoms with Crippen molar-refractivity contribution in [2.24, 2.45) is 0 Å². The largest absolute Gasteiger partial charge is 0.507 e. The number of aromatic hydroxyl groups is 1. The van der Waals surface area contributed by atoms with Crippen molar-refractivity contribution >= 4 is 27.8 Å². The molecule has 0 aliphatic carbocycles. The Labute approximate surface area is 114 Å². The molecule has 2 aromatic rings. The van der Waals surface area contributed by atoms with Gasteiger partial charge in [-0.1, -0.05) is 30.3 Å². The maximum atomic E-state index is 11.8. The first-order valence-corrected chi connectivity index (χ1v) is 6.34. The number of nitrogens with one attached hydrogen (secondary N) is 1. The average molecular weight is 273 g/mol. The smallest absolute Gasteiger partial charge is 0.291 e. The van der Waals surface area contributed by atoms with E-state index < -0.39 is 10.4 Å². The molecule has 0 saturated heterocycles. The second-order valence-corrected chi connectivity index (χ2v) is 4.63. The summed E-state index contributed by atoms with van der Waals surface area (Å²) in [5, 5.41) is 11.1. The summed E-state index contributed by atoms with van der Waals surface area (Å²) in [7, 11) is 0. The van der Waals surface area contributed by atoms with E-state index in [2.05, 4.69) is 5.32 Å². The number of phenols is 1. The molecule has 0 fully saturated rings. The summed E-state index contributed by atoms with van der Waals surface area (Å²) in [6.07, 6.45) is 0. The zero-order chi connectivity index (χ0) is 13.7. The predicted octanol–water partition coefficient (Wildman–Crippen LogP) is 3.50. The molecule has 0 spiro atoms. The zero-order valence-electron chi connectivity index (χ0n) is 9.87. The van der Waals surface area contributed by atoms with Gasteiger partial charge in [0.1, 0.15) is 5.75 Å². The van der Waals surface area contributed by atoms with Crippen LogP contribution in [-0.2, 0) is 0 Å². The van der Waals surface area contributed by atoms with Crippen LogP contribution in [-0.4, -0.2) is 15.5 Å². The number of carbonyl (C=O) groups is 2. The van der Waals surface area contributed by atoms with Crippen molar-refractivity contribution in [1.82, 2.24) is 0 Å². The van der Waals surface area contributed by atoms with Crippen molar-refractivity contribution in [3.05, 3.63) is 60.2 Å². The summed E-state index contributed by atoms with van der Waals surface area (Å²) in [5.74, 6) is -0.132. The van der Waals surface area contributed by atoms with Crippen molar-refractivity contribution in [3.8, 4) is 5.75 Å². The van der Waals surface area contributed by atoms with Crippen LogP contribution in [0.15, 0.2) is 54.6 Å². The van der Waals surface area contributed by atoms with Gasteiger partial charge in [0.05, 0.1) is 5.56 Å². The maximum absolute atomic E-state index is 11.8. The summed E-state index contributed by atoms with van der Waals surface area (Å²) in [4.78, 5) is 23.5. The van der Waals surface area contributed by atoms with Gasteiger partial charge >= 0.3 is 0 Å². The van der Waals surface area contributed by atoms with E-state index in [1.807, 2.05) is 6.07 Å². The van der Waals surface area contributed by atoms with E-state index in [9.17, 15) is 14.7 Å². The summed E-state index contributed by atoms with van der Waals surface area (Å²) < 4.78 is 0. The van der Waals surface area contributed by atoms with Crippen LogP contribution in [0.3, 0.4) is 0 Å². The van der Waals surface area contributed by atoms with E-state index in [-0.39, 0.29) is 11.3 Å². The minimum Gasteiger partial charge on any atom is -0.507 e. The van der Waals surface area contributed by atoms with Gasteiger partial charge in [-0.15, -0.1) is 0 Å². The monoisotopic (exact) mass is 273 g/mol. The highest BCUT2D eigenvalue weighted by molar-refractivity contribution is 8.26. The first-order valence-electron chi connectivity index (χ1n) is 5.53. The molecule has 5 heteroatoms. The Morgan fingerprint density at radius 3 is 2.26 bits per heavy atom. The van der Waals surface area contributed by atoms with Gasteiger partial charge in [0, 0.05) is 17.4 Å².